The highest BCUT2D eigenvalue weighted by atomic mass is 32.2. The van der Waals surface area contributed by atoms with Crippen molar-refractivity contribution in [3.63, 3.8) is 0 Å². The molecule has 2 aromatic heterocycles. The zero-order valence-corrected chi connectivity index (χ0v) is 18.9. The lowest BCUT2D eigenvalue weighted by Crippen LogP contribution is -2.34. The van der Waals surface area contributed by atoms with Crippen molar-refractivity contribution in [2.24, 2.45) is 0 Å². The first kappa shape index (κ1) is 21.9. The van der Waals surface area contributed by atoms with Gasteiger partial charge in [0.2, 0.25) is 5.91 Å². The van der Waals surface area contributed by atoms with Gasteiger partial charge < -0.3 is 9.32 Å². The predicted molar refractivity (Wildman–Crippen MR) is 126 cm³/mol. The summed E-state index contributed by atoms with van der Waals surface area (Å²) in [6.45, 7) is 3.98. The molecule has 0 aliphatic heterocycles. The standard InChI is InChI=1S/C25H26N4O2S/c1-2-29-24(22-14-9-17-31-22)26-27-25(29)32-19-23(30)28(18-21-12-7-4-8-13-21)16-15-20-10-5-3-6-11-20/h3-14,17H,2,15-16,18-19H2,1H3. The van der Waals surface area contributed by atoms with E-state index in [2.05, 4.69) is 34.5 Å². The van der Waals surface area contributed by atoms with Gasteiger partial charge in [-0.3, -0.25) is 9.36 Å². The van der Waals surface area contributed by atoms with Gasteiger partial charge in [0, 0.05) is 19.6 Å². The molecule has 0 N–H and O–H groups in total. The number of rotatable bonds is 10. The van der Waals surface area contributed by atoms with Gasteiger partial charge in [0.25, 0.3) is 0 Å². The number of carbonyl (C=O) groups excluding carboxylic acids is 1. The minimum atomic E-state index is 0.0833. The van der Waals surface area contributed by atoms with Crippen LogP contribution in [0.2, 0.25) is 0 Å². The van der Waals surface area contributed by atoms with Gasteiger partial charge in [-0.1, -0.05) is 72.4 Å². The largest absolute Gasteiger partial charge is 0.461 e. The number of hydrogen-bond donors (Lipinski definition) is 0. The number of aromatic nitrogens is 3. The first-order valence-corrected chi connectivity index (χ1v) is 11.7. The van der Waals surface area contributed by atoms with Gasteiger partial charge in [0.1, 0.15) is 0 Å². The molecule has 0 aliphatic rings. The van der Waals surface area contributed by atoms with Gasteiger partial charge in [0.15, 0.2) is 16.7 Å². The topological polar surface area (TPSA) is 64.2 Å². The molecule has 0 saturated heterocycles. The minimum Gasteiger partial charge on any atom is -0.461 e. The molecule has 0 unspecified atom stereocenters. The third-order valence-corrected chi connectivity index (χ3v) is 6.13. The van der Waals surface area contributed by atoms with E-state index in [4.69, 9.17) is 4.42 Å². The molecular formula is C25H26N4O2S. The monoisotopic (exact) mass is 446 g/mol. The van der Waals surface area contributed by atoms with Crippen molar-refractivity contribution in [1.29, 1.82) is 0 Å². The minimum absolute atomic E-state index is 0.0833. The quantitative estimate of drug-likeness (QED) is 0.324. The zero-order chi connectivity index (χ0) is 22.2. The molecule has 0 radical (unpaired) electrons. The van der Waals surface area contributed by atoms with Crippen LogP contribution in [0, 0.1) is 0 Å². The summed E-state index contributed by atoms with van der Waals surface area (Å²) in [7, 11) is 0. The third kappa shape index (κ3) is 5.48. The summed E-state index contributed by atoms with van der Waals surface area (Å²) < 4.78 is 7.45. The van der Waals surface area contributed by atoms with Gasteiger partial charge in [-0.05, 0) is 36.6 Å². The Morgan fingerprint density at radius 3 is 2.34 bits per heavy atom. The Bertz CT molecular complexity index is 1110. The number of hydrogen-bond acceptors (Lipinski definition) is 5. The number of thioether (sulfide) groups is 1. The Morgan fingerprint density at radius 1 is 0.969 bits per heavy atom. The molecule has 32 heavy (non-hydrogen) atoms. The van der Waals surface area contributed by atoms with Crippen molar-refractivity contribution in [2.75, 3.05) is 12.3 Å². The summed E-state index contributed by atoms with van der Waals surface area (Å²) in [6.07, 6.45) is 2.44. The molecule has 2 heterocycles. The van der Waals surface area contributed by atoms with Gasteiger partial charge >= 0.3 is 0 Å². The maximum absolute atomic E-state index is 13.2. The predicted octanol–water partition coefficient (Wildman–Crippen LogP) is 4.92. The average Bonchev–Trinajstić information content (AvgIpc) is 3.51. The lowest BCUT2D eigenvalue weighted by molar-refractivity contribution is -0.128. The normalized spacial score (nSPS) is 10.9. The van der Waals surface area contributed by atoms with Crippen LogP contribution >= 0.6 is 11.8 Å². The highest BCUT2D eigenvalue weighted by Crippen LogP contribution is 2.24. The Labute approximate surface area is 192 Å². The second-order valence-electron chi connectivity index (χ2n) is 7.35. The first-order valence-electron chi connectivity index (χ1n) is 10.7. The number of nitrogens with zero attached hydrogens (tertiary/aromatic N) is 4. The Balaban J connectivity index is 1.44. The van der Waals surface area contributed by atoms with E-state index in [0.29, 0.717) is 37.0 Å². The molecule has 2 aromatic carbocycles. The molecule has 0 spiro atoms. The molecule has 4 rings (SSSR count). The Morgan fingerprint density at radius 2 is 1.69 bits per heavy atom. The van der Waals surface area contributed by atoms with E-state index in [1.807, 2.05) is 64.9 Å². The van der Waals surface area contributed by atoms with Crippen molar-refractivity contribution in [2.45, 2.75) is 31.6 Å². The van der Waals surface area contributed by atoms with Gasteiger partial charge in [-0.15, -0.1) is 10.2 Å². The maximum Gasteiger partial charge on any atom is 0.233 e. The molecule has 0 aliphatic carbocycles. The van der Waals surface area contributed by atoms with Crippen LogP contribution < -0.4 is 0 Å². The van der Waals surface area contributed by atoms with Crippen LogP contribution in [0.5, 0.6) is 0 Å². The average molecular weight is 447 g/mol. The third-order valence-electron chi connectivity index (χ3n) is 5.18. The highest BCUT2D eigenvalue weighted by Gasteiger charge is 2.19. The van der Waals surface area contributed by atoms with E-state index in [0.717, 1.165) is 17.1 Å². The molecule has 1 amide bonds. The van der Waals surface area contributed by atoms with Crippen LogP contribution in [0.15, 0.2) is 88.6 Å². The van der Waals surface area contributed by atoms with E-state index in [1.165, 1.54) is 17.3 Å². The first-order chi connectivity index (χ1) is 15.7. The van der Waals surface area contributed by atoms with E-state index < -0.39 is 0 Å². The molecule has 0 saturated carbocycles. The molecule has 164 valence electrons. The summed E-state index contributed by atoms with van der Waals surface area (Å²) >= 11 is 1.41. The summed E-state index contributed by atoms with van der Waals surface area (Å²) in [5.41, 5.74) is 2.34. The van der Waals surface area contributed by atoms with Gasteiger partial charge in [0.05, 0.1) is 12.0 Å². The van der Waals surface area contributed by atoms with Crippen LogP contribution in [0.3, 0.4) is 0 Å². The van der Waals surface area contributed by atoms with Crippen LogP contribution in [-0.2, 0) is 24.3 Å². The fraction of sp³-hybridized carbons (Fsp3) is 0.240. The van der Waals surface area contributed by atoms with Crippen LogP contribution in [0.1, 0.15) is 18.1 Å². The number of benzene rings is 2. The fourth-order valence-corrected chi connectivity index (χ4v) is 4.40. The van der Waals surface area contributed by atoms with Crippen LogP contribution in [-0.4, -0.2) is 37.9 Å². The van der Waals surface area contributed by atoms with Crippen molar-refractivity contribution < 1.29 is 9.21 Å². The molecular weight excluding hydrogens is 420 g/mol. The molecule has 7 heteroatoms. The van der Waals surface area contributed by atoms with E-state index in [9.17, 15) is 4.79 Å². The summed E-state index contributed by atoms with van der Waals surface area (Å²) in [5.74, 6) is 1.74. The number of amides is 1. The number of carbonyl (C=O) groups is 1. The van der Waals surface area contributed by atoms with Crippen LogP contribution in [0.25, 0.3) is 11.6 Å². The Hall–Kier alpha value is -3.32. The van der Waals surface area contributed by atoms with E-state index in [1.54, 1.807) is 6.26 Å². The SMILES string of the molecule is CCn1c(SCC(=O)N(CCc2ccccc2)Cc2ccccc2)nnc1-c1ccco1. The number of furan rings is 1. The molecule has 0 atom stereocenters. The summed E-state index contributed by atoms with van der Waals surface area (Å²) in [5, 5.41) is 9.28. The summed E-state index contributed by atoms with van der Waals surface area (Å²) in [4.78, 5) is 15.1. The van der Waals surface area contributed by atoms with Crippen molar-refractivity contribution >= 4 is 17.7 Å². The van der Waals surface area contributed by atoms with E-state index >= 15 is 0 Å². The summed E-state index contributed by atoms with van der Waals surface area (Å²) in [6, 6.07) is 24.1. The smallest absolute Gasteiger partial charge is 0.233 e. The van der Waals surface area contributed by atoms with Crippen molar-refractivity contribution in [3.8, 4) is 11.6 Å². The zero-order valence-electron chi connectivity index (χ0n) is 18.1. The van der Waals surface area contributed by atoms with Gasteiger partial charge in [-0.2, -0.15) is 0 Å². The van der Waals surface area contributed by atoms with Crippen molar-refractivity contribution in [1.82, 2.24) is 19.7 Å². The molecule has 0 fully saturated rings. The Kier molecular flexibility index (Phi) is 7.40. The van der Waals surface area contributed by atoms with Gasteiger partial charge in [-0.25, -0.2) is 0 Å². The van der Waals surface area contributed by atoms with E-state index in [-0.39, 0.29) is 5.91 Å². The second kappa shape index (κ2) is 10.8. The van der Waals surface area contributed by atoms with Crippen molar-refractivity contribution in [3.05, 3.63) is 90.2 Å². The second-order valence-corrected chi connectivity index (χ2v) is 8.30. The molecule has 6 nitrogen and oxygen atoms in total. The van der Waals surface area contributed by atoms with Crippen LogP contribution in [0.4, 0.5) is 0 Å². The fourth-order valence-electron chi connectivity index (χ4n) is 3.49. The lowest BCUT2D eigenvalue weighted by Gasteiger charge is -2.23. The molecule has 4 aromatic rings. The highest BCUT2D eigenvalue weighted by molar-refractivity contribution is 7.99. The maximum atomic E-state index is 13.2. The lowest BCUT2D eigenvalue weighted by atomic mass is 10.1. The molecule has 0 bridgehead atoms.